The van der Waals surface area contributed by atoms with Gasteiger partial charge in [-0.1, -0.05) is 6.92 Å². The summed E-state index contributed by atoms with van der Waals surface area (Å²) in [4.78, 5) is 10.1. The van der Waals surface area contributed by atoms with Crippen molar-refractivity contribution < 1.29 is 13.3 Å². The van der Waals surface area contributed by atoms with Crippen LogP contribution in [0.15, 0.2) is 23.1 Å². The third-order valence-electron chi connectivity index (χ3n) is 2.98. The van der Waals surface area contributed by atoms with Gasteiger partial charge >= 0.3 is 0 Å². The molecule has 0 aliphatic heterocycles. The molecule has 1 aromatic carbocycles. The second-order valence-corrected chi connectivity index (χ2v) is 7.43. The monoisotopic (exact) mass is 333 g/mol. The van der Waals surface area contributed by atoms with E-state index in [9.17, 15) is 18.5 Å². The third-order valence-corrected chi connectivity index (χ3v) is 5.52. The maximum Gasteiger partial charge on any atom is 0.270 e. The first-order valence-corrected chi connectivity index (χ1v) is 9.07. The summed E-state index contributed by atoms with van der Waals surface area (Å²) in [7, 11) is -2.22. The molecule has 1 aromatic rings. The maximum atomic E-state index is 12.3. The molecule has 0 fully saturated rings. The first-order chi connectivity index (χ1) is 9.81. The van der Waals surface area contributed by atoms with Crippen molar-refractivity contribution in [1.82, 2.24) is 4.72 Å². The first-order valence-electron chi connectivity index (χ1n) is 6.30. The van der Waals surface area contributed by atoms with Crippen molar-refractivity contribution in [2.24, 2.45) is 0 Å². The fourth-order valence-electron chi connectivity index (χ4n) is 1.65. The molecule has 0 radical (unpaired) electrons. The van der Waals surface area contributed by atoms with Crippen molar-refractivity contribution in [3.8, 4) is 0 Å². The van der Waals surface area contributed by atoms with Crippen LogP contribution in [0.25, 0.3) is 0 Å². The number of nitrogens with one attached hydrogen (secondary N) is 2. The lowest BCUT2D eigenvalue weighted by atomic mass is 10.3. The molecule has 7 nitrogen and oxygen atoms in total. The van der Waals surface area contributed by atoms with Gasteiger partial charge in [0, 0.05) is 31.0 Å². The summed E-state index contributed by atoms with van der Waals surface area (Å²) in [6, 6.07) is 3.71. The molecule has 0 aliphatic carbocycles. The van der Waals surface area contributed by atoms with Crippen molar-refractivity contribution in [3.63, 3.8) is 0 Å². The van der Waals surface area contributed by atoms with Gasteiger partial charge in [0.25, 0.3) is 5.69 Å². The topological polar surface area (TPSA) is 101 Å². The van der Waals surface area contributed by atoms with Crippen molar-refractivity contribution in [2.45, 2.75) is 23.5 Å². The van der Waals surface area contributed by atoms with Crippen LogP contribution in [0.3, 0.4) is 0 Å². The summed E-state index contributed by atoms with van der Waals surface area (Å²) in [6.45, 7) is 2.29. The number of rotatable bonds is 8. The Morgan fingerprint density at radius 2 is 2.10 bits per heavy atom. The van der Waals surface area contributed by atoms with Gasteiger partial charge in [0.2, 0.25) is 10.0 Å². The van der Waals surface area contributed by atoms with E-state index >= 15 is 0 Å². The SMILES string of the molecule is CNc1ccc([N+](=O)[O-])cc1S(=O)(=O)NCCC(C)SC. The average Bonchev–Trinajstić information content (AvgIpc) is 2.45. The minimum absolute atomic E-state index is 0.115. The minimum atomic E-state index is -3.79. The Hall–Kier alpha value is -1.32. The molecular formula is C12H19N3O4S2. The van der Waals surface area contributed by atoms with E-state index in [-0.39, 0.29) is 17.1 Å². The molecule has 2 N–H and O–H groups in total. The zero-order chi connectivity index (χ0) is 16.0. The summed E-state index contributed by atoms with van der Waals surface area (Å²) in [5.74, 6) is 0. The molecule has 1 unspecified atom stereocenters. The van der Waals surface area contributed by atoms with Crippen LogP contribution < -0.4 is 10.0 Å². The van der Waals surface area contributed by atoms with Gasteiger partial charge in [0.1, 0.15) is 4.90 Å². The Labute approximate surface area is 128 Å². The Bertz CT molecular complexity index is 605. The molecule has 1 atom stereocenters. The summed E-state index contributed by atoms with van der Waals surface area (Å²) in [6.07, 6.45) is 2.64. The molecule has 0 aliphatic rings. The van der Waals surface area contributed by atoms with Gasteiger partial charge in [-0.25, -0.2) is 13.1 Å². The Morgan fingerprint density at radius 1 is 1.43 bits per heavy atom. The molecule has 0 bridgehead atoms. The van der Waals surface area contributed by atoms with Crippen molar-refractivity contribution in [3.05, 3.63) is 28.3 Å². The predicted octanol–water partition coefficient (Wildman–Crippen LogP) is 2.06. The molecule has 0 heterocycles. The lowest BCUT2D eigenvalue weighted by Crippen LogP contribution is -2.27. The maximum absolute atomic E-state index is 12.3. The Morgan fingerprint density at radius 3 is 2.62 bits per heavy atom. The first kappa shape index (κ1) is 17.7. The van der Waals surface area contributed by atoms with Crippen LogP contribution in [-0.2, 0) is 10.0 Å². The number of thioether (sulfide) groups is 1. The van der Waals surface area contributed by atoms with Crippen LogP contribution in [0.1, 0.15) is 13.3 Å². The van der Waals surface area contributed by atoms with Crippen molar-refractivity contribution in [1.29, 1.82) is 0 Å². The van der Waals surface area contributed by atoms with Gasteiger partial charge in [-0.15, -0.1) is 0 Å². The summed E-state index contributed by atoms with van der Waals surface area (Å²) in [5, 5.41) is 13.9. The minimum Gasteiger partial charge on any atom is -0.387 e. The number of nitrogens with zero attached hydrogens (tertiary/aromatic N) is 1. The molecular weight excluding hydrogens is 314 g/mol. The van der Waals surface area contributed by atoms with Crippen molar-refractivity contribution in [2.75, 3.05) is 25.2 Å². The Kier molecular flexibility index (Phi) is 6.43. The number of hydrogen-bond donors (Lipinski definition) is 2. The predicted molar refractivity (Wildman–Crippen MR) is 85.4 cm³/mol. The van der Waals surface area contributed by atoms with Crippen LogP contribution in [-0.4, -0.2) is 38.4 Å². The van der Waals surface area contributed by atoms with Crippen molar-refractivity contribution >= 4 is 33.2 Å². The number of anilines is 1. The van der Waals surface area contributed by atoms with E-state index in [4.69, 9.17) is 0 Å². The van der Waals surface area contributed by atoms with Crippen LogP contribution in [0.4, 0.5) is 11.4 Å². The van der Waals surface area contributed by atoms with E-state index in [2.05, 4.69) is 10.0 Å². The van der Waals surface area contributed by atoms with E-state index in [1.807, 2.05) is 13.2 Å². The number of non-ortho nitro benzene ring substituents is 1. The second-order valence-electron chi connectivity index (χ2n) is 4.42. The average molecular weight is 333 g/mol. The van der Waals surface area contributed by atoms with E-state index in [1.54, 1.807) is 18.8 Å². The highest BCUT2D eigenvalue weighted by Crippen LogP contribution is 2.26. The highest BCUT2D eigenvalue weighted by atomic mass is 32.2. The molecule has 0 amide bonds. The van der Waals surface area contributed by atoms with Gasteiger partial charge < -0.3 is 5.32 Å². The molecule has 0 spiro atoms. The summed E-state index contributed by atoms with van der Waals surface area (Å²) < 4.78 is 27.0. The summed E-state index contributed by atoms with van der Waals surface area (Å²) >= 11 is 1.65. The largest absolute Gasteiger partial charge is 0.387 e. The molecule has 0 saturated carbocycles. The lowest BCUT2D eigenvalue weighted by Gasteiger charge is -2.12. The summed E-state index contributed by atoms with van der Waals surface area (Å²) in [5.41, 5.74) is 0.0675. The number of nitro benzene ring substituents is 1. The van der Waals surface area contributed by atoms with Gasteiger partial charge in [-0.3, -0.25) is 10.1 Å². The standard InChI is InChI=1S/C12H19N3O4S2/c1-9(20-3)6-7-14-21(18,19)12-8-10(15(16)17)4-5-11(12)13-2/h4-5,8-9,13-14H,6-7H2,1-3H3. The number of sulfonamides is 1. The van der Waals surface area contributed by atoms with Gasteiger partial charge in [0.15, 0.2) is 0 Å². The van der Waals surface area contributed by atoms with E-state index in [0.717, 1.165) is 6.07 Å². The zero-order valence-corrected chi connectivity index (χ0v) is 13.8. The lowest BCUT2D eigenvalue weighted by molar-refractivity contribution is -0.385. The fraction of sp³-hybridized carbons (Fsp3) is 0.500. The van der Waals surface area contributed by atoms with E-state index in [0.29, 0.717) is 17.4 Å². The van der Waals surface area contributed by atoms with Crippen LogP contribution in [0, 0.1) is 10.1 Å². The highest BCUT2D eigenvalue weighted by molar-refractivity contribution is 7.99. The van der Waals surface area contributed by atoms with E-state index in [1.165, 1.54) is 12.1 Å². The Balaban J connectivity index is 3.00. The second kappa shape index (κ2) is 7.62. The van der Waals surface area contributed by atoms with Gasteiger partial charge in [0.05, 0.1) is 10.6 Å². The molecule has 0 aromatic heterocycles. The molecule has 21 heavy (non-hydrogen) atoms. The smallest absolute Gasteiger partial charge is 0.270 e. The number of hydrogen-bond acceptors (Lipinski definition) is 6. The quantitative estimate of drug-likeness (QED) is 0.558. The molecule has 1 rings (SSSR count). The van der Waals surface area contributed by atoms with Crippen LogP contribution in [0.2, 0.25) is 0 Å². The zero-order valence-electron chi connectivity index (χ0n) is 12.1. The van der Waals surface area contributed by atoms with E-state index < -0.39 is 14.9 Å². The van der Waals surface area contributed by atoms with Gasteiger partial charge in [-0.2, -0.15) is 11.8 Å². The van der Waals surface area contributed by atoms with Gasteiger partial charge in [-0.05, 0) is 18.7 Å². The van der Waals surface area contributed by atoms with Crippen LogP contribution >= 0.6 is 11.8 Å². The third kappa shape index (κ3) is 4.87. The van der Waals surface area contributed by atoms with Crippen LogP contribution in [0.5, 0.6) is 0 Å². The molecule has 9 heteroatoms. The number of benzene rings is 1. The normalized spacial score (nSPS) is 12.9. The molecule has 118 valence electrons. The number of nitro groups is 1. The fourth-order valence-corrected chi connectivity index (χ4v) is 3.28. The molecule has 0 saturated heterocycles. The highest BCUT2D eigenvalue weighted by Gasteiger charge is 2.21.